The van der Waals surface area contributed by atoms with Crippen LogP contribution in [0.25, 0.3) is 0 Å². The number of amides is 3. The molecule has 11 nitrogen and oxygen atoms in total. The fourth-order valence-corrected chi connectivity index (χ4v) is 5.99. The molecule has 14 heteroatoms. The van der Waals surface area contributed by atoms with Crippen molar-refractivity contribution in [3.63, 3.8) is 0 Å². The molecular weight excluding hydrogens is 677 g/mol. The van der Waals surface area contributed by atoms with E-state index in [9.17, 15) is 37.5 Å². The second-order valence-corrected chi connectivity index (χ2v) is 13.6. The lowest BCUT2D eigenvalue weighted by atomic mass is 9.99. The van der Waals surface area contributed by atoms with Crippen molar-refractivity contribution in [2.75, 3.05) is 33.4 Å². The number of likely N-dealkylation sites (N-methyl/N-ethyl adjacent to an activating group) is 1. The van der Waals surface area contributed by atoms with E-state index in [2.05, 4.69) is 17.6 Å². The Morgan fingerprint density at radius 1 is 0.865 bits per heavy atom. The SMILES string of the molecule is CCCCCN(CN(C)C(CNC(=O)C(F)(F)F)c1ccccc1)[C@H](Cc1ccccc1)C(=O)N[C@H](CC(C)C)C(=O)N[C@H](CCCCN)C(=O)O. The number of unbranched alkanes of at least 4 members (excludes halogenated alkanes) is 3. The minimum atomic E-state index is -5.04. The van der Waals surface area contributed by atoms with Crippen LogP contribution in [-0.2, 0) is 25.6 Å². The number of hydrogen-bond donors (Lipinski definition) is 5. The third-order valence-electron chi connectivity index (χ3n) is 8.80. The summed E-state index contributed by atoms with van der Waals surface area (Å²) < 4.78 is 39.5. The van der Waals surface area contributed by atoms with E-state index >= 15 is 0 Å². The van der Waals surface area contributed by atoms with Gasteiger partial charge in [0.2, 0.25) is 11.8 Å². The van der Waals surface area contributed by atoms with E-state index in [1.165, 1.54) is 0 Å². The van der Waals surface area contributed by atoms with E-state index in [0.717, 1.165) is 24.8 Å². The van der Waals surface area contributed by atoms with Gasteiger partial charge in [-0.05, 0) is 69.2 Å². The number of rotatable bonds is 24. The maximum atomic E-state index is 14.4. The fourth-order valence-electron chi connectivity index (χ4n) is 5.99. The van der Waals surface area contributed by atoms with Gasteiger partial charge in [0.15, 0.2) is 0 Å². The lowest BCUT2D eigenvalue weighted by molar-refractivity contribution is -0.173. The first-order chi connectivity index (χ1) is 24.7. The lowest BCUT2D eigenvalue weighted by Crippen LogP contribution is -2.58. The Bertz CT molecular complexity index is 1370. The second-order valence-electron chi connectivity index (χ2n) is 13.6. The Balaban J connectivity index is 2.48. The lowest BCUT2D eigenvalue weighted by Gasteiger charge is -2.38. The van der Waals surface area contributed by atoms with Crippen LogP contribution in [0.15, 0.2) is 60.7 Å². The van der Waals surface area contributed by atoms with Crippen molar-refractivity contribution >= 4 is 23.7 Å². The Labute approximate surface area is 305 Å². The van der Waals surface area contributed by atoms with Gasteiger partial charge in [0, 0.05) is 13.1 Å². The molecule has 0 saturated carbocycles. The molecular formula is C38H57F3N6O5. The molecule has 0 aliphatic heterocycles. The molecule has 0 aromatic heterocycles. The first-order valence-corrected chi connectivity index (χ1v) is 18.1. The Hall–Kier alpha value is -4.01. The van der Waals surface area contributed by atoms with Gasteiger partial charge in [0.1, 0.15) is 12.1 Å². The number of nitrogens with one attached hydrogen (secondary N) is 3. The average Bonchev–Trinajstić information content (AvgIpc) is 3.09. The smallest absolute Gasteiger partial charge is 0.471 e. The minimum Gasteiger partial charge on any atom is -0.480 e. The van der Waals surface area contributed by atoms with E-state index < -0.39 is 54.0 Å². The van der Waals surface area contributed by atoms with Crippen LogP contribution in [-0.4, -0.2) is 96.2 Å². The van der Waals surface area contributed by atoms with E-state index in [1.807, 2.05) is 54.4 Å². The van der Waals surface area contributed by atoms with E-state index in [4.69, 9.17) is 5.73 Å². The molecule has 6 N–H and O–H groups in total. The van der Waals surface area contributed by atoms with Crippen LogP contribution in [0.3, 0.4) is 0 Å². The van der Waals surface area contributed by atoms with Crippen LogP contribution in [0.5, 0.6) is 0 Å². The van der Waals surface area contributed by atoms with Crippen LogP contribution >= 0.6 is 0 Å². The number of alkyl halides is 3. The van der Waals surface area contributed by atoms with Gasteiger partial charge >= 0.3 is 18.1 Å². The van der Waals surface area contributed by atoms with Gasteiger partial charge in [-0.25, -0.2) is 4.79 Å². The summed E-state index contributed by atoms with van der Waals surface area (Å²) in [4.78, 5) is 55.6. The van der Waals surface area contributed by atoms with E-state index in [1.54, 1.807) is 42.3 Å². The maximum Gasteiger partial charge on any atom is 0.471 e. The predicted molar refractivity (Wildman–Crippen MR) is 195 cm³/mol. The zero-order chi connectivity index (χ0) is 38.7. The highest BCUT2D eigenvalue weighted by molar-refractivity contribution is 5.92. The largest absolute Gasteiger partial charge is 0.480 e. The molecule has 1 unspecified atom stereocenters. The molecule has 0 radical (unpaired) electrons. The standard InChI is InChI=1S/C38H57F3N6O5/c1-5-6-15-22-47(26-46(4)33(29-18-11-8-12-19-29)25-43-37(52)38(39,40)41)32(24-28-16-9-7-10-17-28)35(49)45-31(23-27(2)3)34(48)44-30(36(50)51)20-13-14-21-42/h7-12,16-19,27,30-33H,5-6,13-15,20-26,42H2,1-4H3,(H,43,52)(H,44,48)(H,45,49)(H,50,51)/t30-,31-,32-,33?/m1/s1. The summed E-state index contributed by atoms with van der Waals surface area (Å²) >= 11 is 0. The number of carbonyl (C=O) groups is 4. The summed E-state index contributed by atoms with van der Waals surface area (Å²) in [5.41, 5.74) is 7.11. The molecule has 0 fully saturated rings. The van der Waals surface area contributed by atoms with Gasteiger partial charge in [0.05, 0.1) is 18.8 Å². The molecule has 0 aliphatic carbocycles. The van der Waals surface area contributed by atoms with E-state index in [0.29, 0.717) is 31.5 Å². The normalized spacial score (nSPS) is 14.1. The third-order valence-corrected chi connectivity index (χ3v) is 8.80. The van der Waals surface area contributed by atoms with E-state index in [-0.39, 0.29) is 38.4 Å². The van der Waals surface area contributed by atoms with Crippen molar-refractivity contribution in [2.45, 2.75) is 102 Å². The molecule has 0 bridgehead atoms. The van der Waals surface area contributed by atoms with Crippen LogP contribution in [0.2, 0.25) is 0 Å². The second kappa shape index (κ2) is 22.8. The summed E-state index contributed by atoms with van der Waals surface area (Å²) in [7, 11) is 1.73. The Morgan fingerprint density at radius 3 is 2.04 bits per heavy atom. The number of carbonyl (C=O) groups excluding carboxylic acids is 3. The molecule has 52 heavy (non-hydrogen) atoms. The van der Waals surface area contributed by atoms with Gasteiger partial charge < -0.3 is 26.8 Å². The van der Waals surface area contributed by atoms with Crippen molar-refractivity contribution in [2.24, 2.45) is 11.7 Å². The van der Waals surface area contributed by atoms with Crippen molar-refractivity contribution in [1.82, 2.24) is 25.8 Å². The Kier molecular flexibility index (Phi) is 19.4. The number of hydrogen-bond acceptors (Lipinski definition) is 7. The summed E-state index contributed by atoms with van der Waals surface area (Å²) in [5.74, 6) is -4.27. The van der Waals surface area contributed by atoms with Crippen molar-refractivity contribution < 1.29 is 37.5 Å². The fraction of sp³-hybridized carbons (Fsp3) is 0.579. The molecule has 2 rings (SSSR count). The first kappa shape index (κ1) is 44.2. The molecule has 0 saturated heterocycles. The summed E-state index contributed by atoms with van der Waals surface area (Å²) in [6, 6.07) is 14.6. The number of carboxylic acid groups (broad SMARTS) is 1. The first-order valence-electron chi connectivity index (χ1n) is 18.1. The molecule has 2 aromatic carbocycles. The quantitative estimate of drug-likeness (QED) is 0.0773. The van der Waals surface area contributed by atoms with Gasteiger partial charge in [-0.3, -0.25) is 24.2 Å². The van der Waals surface area contributed by atoms with Crippen molar-refractivity contribution in [3.05, 3.63) is 71.8 Å². The molecule has 3 amide bonds. The van der Waals surface area contributed by atoms with Crippen molar-refractivity contribution in [1.29, 1.82) is 0 Å². The number of nitrogens with zero attached hydrogens (tertiary/aromatic N) is 2. The topological polar surface area (TPSA) is 157 Å². The highest BCUT2D eigenvalue weighted by Gasteiger charge is 2.39. The van der Waals surface area contributed by atoms with Gasteiger partial charge in [-0.15, -0.1) is 0 Å². The molecule has 4 atom stereocenters. The highest BCUT2D eigenvalue weighted by atomic mass is 19.4. The van der Waals surface area contributed by atoms with Crippen LogP contribution < -0.4 is 21.7 Å². The van der Waals surface area contributed by atoms with Crippen LogP contribution in [0.4, 0.5) is 13.2 Å². The summed E-state index contributed by atoms with van der Waals surface area (Å²) in [6.07, 6.45) is -0.712. The molecule has 0 spiro atoms. The van der Waals surface area contributed by atoms with Crippen LogP contribution in [0.1, 0.15) is 82.9 Å². The van der Waals surface area contributed by atoms with Gasteiger partial charge in [-0.1, -0.05) is 94.3 Å². The average molecular weight is 735 g/mol. The summed E-state index contributed by atoms with van der Waals surface area (Å²) in [5, 5.41) is 17.4. The zero-order valence-electron chi connectivity index (χ0n) is 30.8. The molecule has 0 heterocycles. The number of aliphatic carboxylic acids is 1. The zero-order valence-corrected chi connectivity index (χ0v) is 30.8. The molecule has 0 aliphatic rings. The number of nitrogens with two attached hydrogens (primary N) is 1. The molecule has 2 aromatic rings. The van der Waals surface area contributed by atoms with Crippen molar-refractivity contribution in [3.8, 4) is 0 Å². The van der Waals surface area contributed by atoms with Gasteiger partial charge in [-0.2, -0.15) is 13.2 Å². The van der Waals surface area contributed by atoms with Crippen LogP contribution in [0, 0.1) is 5.92 Å². The van der Waals surface area contributed by atoms with Gasteiger partial charge in [0.25, 0.3) is 0 Å². The third kappa shape index (κ3) is 15.7. The monoisotopic (exact) mass is 734 g/mol. The summed E-state index contributed by atoms with van der Waals surface area (Å²) in [6.45, 7) is 6.52. The number of benzene rings is 2. The minimum absolute atomic E-state index is 0.0190. The Morgan fingerprint density at radius 2 is 1.48 bits per heavy atom. The highest BCUT2D eigenvalue weighted by Crippen LogP contribution is 2.23. The predicted octanol–water partition coefficient (Wildman–Crippen LogP) is 4.63. The maximum absolute atomic E-state index is 14.4. The number of carboxylic acids is 1. The molecule has 290 valence electrons. The number of halogens is 3.